The molecule has 1 aromatic heterocycles. The van der Waals surface area contributed by atoms with Gasteiger partial charge in [-0.2, -0.15) is 0 Å². The van der Waals surface area contributed by atoms with Crippen LogP contribution in [0.5, 0.6) is 0 Å². The maximum absolute atomic E-state index is 12.7. The van der Waals surface area contributed by atoms with Crippen LogP contribution in [-0.4, -0.2) is 31.3 Å². The van der Waals surface area contributed by atoms with Crippen molar-refractivity contribution in [1.29, 1.82) is 0 Å². The predicted molar refractivity (Wildman–Crippen MR) is 82.0 cm³/mol. The van der Waals surface area contributed by atoms with E-state index in [2.05, 4.69) is 4.98 Å². The highest BCUT2D eigenvalue weighted by Gasteiger charge is 2.27. The number of nitrogens with zero attached hydrogens (tertiary/aromatic N) is 1. The molecule has 0 radical (unpaired) electrons. The standard InChI is InChI=1S/C14H21N3O2S/c1-14(2,3)9-17(4)20(18,19)13-8-16-12-6-5-10(15)7-11(12)13/h5-8,16H,9,15H2,1-4H3. The zero-order valence-electron chi connectivity index (χ0n) is 12.3. The lowest BCUT2D eigenvalue weighted by Crippen LogP contribution is -2.34. The molecular weight excluding hydrogens is 274 g/mol. The molecule has 0 bridgehead atoms. The fourth-order valence-electron chi connectivity index (χ4n) is 2.25. The Labute approximate surface area is 119 Å². The van der Waals surface area contributed by atoms with Crippen LogP contribution in [0.2, 0.25) is 0 Å². The fourth-order valence-corrected chi connectivity index (χ4v) is 3.79. The van der Waals surface area contributed by atoms with Crippen LogP contribution >= 0.6 is 0 Å². The third-order valence-electron chi connectivity index (χ3n) is 3.05. The summed E-state index contributed by atoms with van der Waals surface area (Å²) in [6.45, 7) is 6.47. The number of rotatable bonds is 3. The number of aromatic amines is 1. The molecule has 0 aliphatic carbocycles. The van der Waals surface area contributed by atoms with Crippen LogP contribution < -0.4 is 5.73 Å². The van der Waals surface area contributed by atoms with E-state index in [1.807, 2.05) is 20.8 Å². The van der Waals surface area contributed by atoms with E-state index < -0.39 is 10.0 Å². The number of benzene rings is 1. The van der Waals surface area contributed by atoms with Crippen molar-refractivity contribution >= 4 is 26.6 Å². The van der Waals surface area contributed by atoms with E-state index in [0.29, 0.717) is 17.6 Å². The lowest BCUT2D eigenvalue weighted by molar-refractivity contribution is 0.311. The number of hydrogen-bond donors (Lipinski definition) is 2. The van der Waals surface area contributed by atoms with Gasteiger partial charge in [0.25, 0.3) is 0 Å². The molecule has 0 unspecified atom stereocenters. The average Bonchev–Trinajstić information content (AvgIpc) is 2.69. The Bertz CT molecular complexity index is 726. The molecule has 5 nitrogen and oxygen atoms in total. The van der Waals surface area contributed by atoms with Gasteiger partial charge in [-0.1, -0.05) is 20.8 Å². The first-order valence-electron chi connectivity index (χ1n) is 6.44. The Morgan fingerprint density at radius 1 is 1.30 bits per heavy atom. The van der Waals surface area contributed by atoms with E-state index in [-0.39, 0.29) is 10.3 Å². The van der Waals surface area contributed by atoms with Gasteiger partial charge < -0.3 is 10.7 Å². The Kier molecular flexibility index (Phi) is 3.56. The molecule has 6 heteroatoms. The molecule has 0 fully saturated rings. The number of nitrogens with two attached hydrogens (primary N) is 1. The van der Waals surface area contributed by atoms with Gasteiger partial charge in [-0.25, -0.2) is 12.7 Å². The molecule has 110 valence electrons. The van der Waals surface area contributed by atoms with Gasteiger partial charge in [-0.05, 0) is 23.6 Å². The van der Waals surface area contributed by atoms with Crippen LogP contribution in [0.4, 0.5) is 5.69 Å². The van der Waals surface area contributed by atoms with E-state index in [4.69, 9.17) is 5.73 Å². The molecule has 0 amide bonds. The highest BCUT2D eigenvalue weighted by molar-refractivity contribution is 7.89. The maximum atomic E-state index is 12.7. The Balaban J connectivity index is 2.49. The summed E-state index contributed by atoms with van der Waals surface area (Å²) in [7, 11) is -1.92. The third kappa shape index (κ3) is 2.81. The number of anilines is 1. The van der Waals surface area contributed by atoms with Crippen LogP contribution in [0.3, 0.4) is 0 Å². The van der Waals surface area contributed by atoms with Crippen LogP contribution in [-0.2, 0) is 10.0 Å². The van der Waals surface area contributed by atoms with Crippen molar-refractivity contribution < 1.29 is 8.42 Å². The van der Waals surface area contributed by atoms with E-state index in [1.165, 1.54) is 10.5 Å². The third-order valence-corrected chi connectivity index (χ3v) is 4.90. The average molecular weight is 295 g/mol. The minimum Gasteiger partial charge on any atom is -0.399 e. The summed E-state index contributed by atoms with van der Waals surface area (Å²) in [6.07, 6.45) is 1.53. The number of nitrogens with one attached hydrogen (secondary N) is 1. The number of H-pyrrole nitrogens is 1. The summed E-state index contributed by atoms with van der Waals surface area (Å²) in [5.41, 5.74) is 6.96. The first kappa shape index (κ1) is 14.9. The van der Waals surface area contributed by atoms with Crippen LogP contribution in [0.25, 0.3) is 10.9 Å². The quantitative estimate of drug-likeness (QED) is 0.853. The van der Waals surface area contributed by atoms with Gasteiger partial charge in [-0.3, -0.25) is 0 Å². The number of aromatic nitrogens is 1. The molecule has 2 aromatic rings. The molecule has 1 heterocycles. The second-order valence-electron chi connectivity index (χ2n) is 6.28. The van der Waals surface area contributed by atoms with Crippen molar-refractivity contribution in [2.75, 3.05) is 19.3 Å². The van der Waals surface area contributed by atoms with Gasteiger partial charge in [0.2, 0.25) is 10.0 Å². The molecule has 0 aliphatic heterocycles. The Morgan fingerprint density at radius 3 is 2.55 bits per heavy atom. The summed E-state index contributed by atoms with van der Waals surface area (Å²) in [5.74, 6) is 0. The first-order valence-corrected chi connectivity index (χ1v) is 7.88. The first-order chi connectivity index (χ1) is 9.11. The molecule has 0 atom stereocenters. The van der Waals surface area contributed by atoms with Crippen molar-refractivity contribution in [3.8, 4) is 0 Å². The molecule has 1 aromatic carbocycles. The smallest absolute Gasteiger partial charge is 0.244 e. The summed E-state index contributed by atoms with van der Waals surface area (Å²) < 4.78 is 26.7. The van der Waals surface area contributed by atoms with Crippen molar-refractivity contribution in [2.45, 2.75) is 25.7 Å². The van der Waals surface area contributed by atoms with Gasteiger partial charge in [0.05, 0.1) is 0 Å². The zero-order valence-corrected chi connectivity index (χ0v) is 13.1. The number of sulfonamides is 1. The predicted octanol–water partition coefficient (Wildman–Crippen LogP) is 2.42. The van der Waals surface area contributed by atoms with Crippen molar-refractivity contribution in [3.63, 3.8) is 0 Å². The molecular formula is C14H21N3O2S. The minimum absolute atomic E-state index is 0.104. The van der Waals surface area contributed by atoms with Gasteiger partial charge in [-0.15, -0.1) is 0 Å². The second kappa shape index (κ2) is 4.79. The van der Waals surface area contributed by atoms with E-state index in [0.717, 1.165) is 5.52 Å². The molecule has 0 saturated heterocycles. The van der Waals surface area contributed by atoms with Crippen molar-refractivity contribution in [2.24, 2.45) is 5.41 Å². The SMILES string of the molecule is CN(CC(C)(C)C)S(=O)(=O)c1c[nH]c2ccc(N)cc12. The monoisotopic (exact) mass is 295 g/mol. The summed E-state index contributed by atoms with van der Waals surface area (Å²) >= 11 is 0. The van der Waals surface area contributed by atoms with Crippen molar-refractivity contribution in [3.05, 3.63) is 24.4 Å². The molecule has 0 saturated carbocycles. The van der Waals surface area contributed by atoms with Crippen molar-refractivity contribution in [1.82, 2.24) is 9.29 Å². The number of fused-ring (bicyclic) bond motifs is 1. The lowest BCUT2D eigenvalue weighted by Gasteiger charge is -2.25. The van der Waals surface area contributed by atoms with E-state index in [9.17, 15) is 8.42 Å². The van der Waals surface area contributed by atoms with Crippen LogP contribution in [0.15, 0.2) is 29.3 Å². The summed E-state index contributed by atoms with van der Waals surface area (Å²) in [6, 6.07) is 5.21. The fraction of sp³-hybridized carbons (Fsp3) is 0.429. The number of hydrogen-bond acceptors (Lipinski definition) is 3. The summed E-state index contributed by atoms with van der Waals surface area (Å²) in [4.78, 5) is 3.25. The Morgan fingerprint density at radius 2 is 1.95 bits per heavy atom. The molecule has 0 aliphatic rings. The molecule has 0 spiro atoms. The minimum atomic E-state index is -3.53. The van der Waals surface area contributed by atoms with Crippen LogP contribution in [0, 0.1) is 5.41 Å². The highest BCUT2D eigenvalue weighted by Crippen LogP contribution is 2.28. The van der Waals surface area contributed by atoms with Crippen LogP contribution in [0.1, 0.15) is 20.8 Å². The number of nitrogen functional groups attached to an aromatic ring is 1. The lowest BCUT2D eigenvalue weighted by atomic mass is 9.97. The topological polar surface area (TPSA) is 79.2 Å². The van der Waals surface area contributed by atoms with Gasteiger partial charge in [0.15, 0.2) is 0 Å². The highest BCUT2D eigenvalue weighted by atomic mass is 32.2. The molecule has 2 rings (SSSR count). The normalized spacial score (nSPS) is 13.2. The van der Waals surface area contributed by atoms with E-state index >= 15 is 0 Å². The Hall–Kier alpha value is -1.53. The zero-order chi connectivity index (χ0) is 15.1. The van der Waals surface area contributed by atoms with E-state index in [1.54, 1.807) is 25.2 Å². The largest absolute Gasteiger partial charge is 0.399 e. The second-order valence-corrected chi connectivity index (χ2v) is 8.29. The molecule has 20 heavy (non-hydrogen) atoms. The molecule has 3 N–H and O–H groups in total. The maximum Gasteiger partial charge on any atom is 0.244 e. The van der Waals surface area contributed by atoms with Gasteiger partial charge in [0.1, 0.15) is 4.90 Å². The van der Waals surface area contributed by atoms with Gasteiger partial charge in [0, 0.05) is 36.4 Å². The summed E-state index contributed by atoms with van der Waals surface area (Å²) in [5, 5.41) is 0.630. The van der Waals surface area contributed by atoms with Gasteiger partial charge >= 0.3 is 0 Å².